The predicted molar refractivity (Wildman–Crippen MR) is 66.9 cm³/mol. The van der Waals surface area contributed by atoms with Crippen LogP contribution in [0.1, 0.15) is 6.42 Å². The first-order valence-corrected chi connectivity index (χ1v) is 7.36. The minimum atomic E-state index is -3.95. The van der Waals surface area contributed by atoms with Crippen LogP contribution in [0.15, 0.2) is 18.2 Å². The van der Waals surface area contributed by atoms with Gasteiger partial charge in [-0.3, -0.25) is 4.79 Å². The number of amides is 1. The van der Waals surface area contributed by atoms with Crippen molar-refractivity contribution in [3.8, 4) is 5.75 Å². The summed E-state index contributed by atoms with van der Waals surface area (Å²) < 4.78 is 64.4. The molecule has 6 nitrogen and oxygen atoms in total. The van der Waals surface area contributed by atoms with Crippen LogP contribution >= 0.6 is 0 Å². The summed E-state index contributed by atoms with van der Waals surface area (Å²) in [6.07, 6.45) is -0.371. The van der Waals surface area contributed by atoms with Crippen LogP contribution in [0.2, 0.25) is 0 Å². The Balaban J connectivity index is 2.36. The summed E-state index contributed by atoms with van der Waals surface area (Å²) in [6.45, 7) is -3.51. The largest absolute Gasteiger partial charge is 0.432 e. The van der Waals surface area contributed by atoms with Crippen molar-refractivity contribution in [1.82, 2.24) is 0 Å². The lowest BCUT2D eigenvalue weighted by Gasteiger charge is -2.20. The molecule has 1 amide bonds. The lowest BCUT2D eigenvalue weighted by molar-refractivity contribution is -0.117. The second-order valence-corrected chi connectivity index (χ2v) is 6.25. The Bertz CT molecular complexity index is 665. The first kappa shape index (κ1) is 15.6. The van der Waals surface area contributed by atoms with E-state index in [2.05, 4.69) is 4.74 Å². The molecule has 0 radical (unpaired) electrons. The molecule has 10 heteroatoms. The number of halogens is 3. The van der Waals surface area contributed by atoms with Crippen LogP contribution in [0.4, 0.5) is 18.9 Å². The van der Waals surface area contributed by atoms with Crippen molar-refractivity contribution < 1.29 is 31.1 Å². The Hall–Kier alpha value is -1.81. The molecular weight excluding hydrogens is 313 g/mol. The van der Waals surface area contributed by atoms with Crippen LogP contribution in [0.25, 0.3) is 0 Å². The highest BCUT2D eigenvalue weighted by Crippen LogP contribution is 2.34. The molecule has 0 spiro atoms. The van der Waals surface area contributed by atoms with Crippen LogP contribution in [0.5, 0.6) is 5.75 Å². The average Bonchev–Trinajstić information content (AvgIpc) is 2.70. The van der Waals surface area contributed by atoms with Crippen molar-refractivity contribution in [2.75, 3.05) is 11.4 Å². The molecule has 1 aliphatic heterocycles. The third kappa shape index (κ3) is 3.45. The van der Waals surface area contributed by atoms with Crippen LogP contribution < -0.4 is 14.8 Å². The van der Waals surface area contributed by atoms with Crippen molar-refractivity contribution in [2.24, 2.45) is 5.14 Å². The van der Waals surface area contributed by atoms with Gasteiger partial charge in [-0.25, -0.2) is 17.9 Å². The Morgan fingerprint density at radius 2 is 2.05 bits per heavy atom. The summed E-state index contributed by atoms with van der Waals surface area (Å²) in [6, 6.07) is 2.71. The number of carbonyl (C=O) groups excluding carboxylic acids is 1. The number of hydrogen-bond acceptors (Lipinski definition) is 4. The van der Waals surface area contributed by atoms with E-state index >= 15 is 0 Å². The lowest BCUT2D eigenvalue weighted by atomic mass is 10.2. The molecular formula is C11H11F3N2O4S. The molecule has 0 aliphatic carbocycles. The summed E-state index contributed by atoms with van der Waals surface area (Å²) in [5, 5.41) is 3.82. The van der Waals surface area contributed by atoms with Gasteiger partial charge in [-0.1, -0.05) is 0 Å². The highest BCUT2D eigenvalue weighted by molar-refractivity contribution is 7.89. The molecule has 1 heterocycles. The van der Waals surface area contributed by atoms with E-state index < -0.39 is 39.4 Å². The fourth-order valence-corrected chi connectivity index (χ4v) is 2.76. The van der Waals surface area contributed by atoms with Gasteiger partial charge in [-0.15, -0.1) is 0 Å². The van der Waals surface area contributed by atoms with Crippen molar-refractivity contribution in [3.63, 3.8) is 0 Å². The summed E-state index contributed by atoms with van der Waals surface area (Å²) >= 11 is 0. The van der Waals surface area contributed by atoms with Gasteiger partial charge in [0, 0.05) is 19.0 Å². The number of alkyl halides is 2. The van der Waals surface area contributed by atoms with Crippen LogP contribution in [-0.4, -0.2) is 32.7 Å². The normalized spacial score (nSPS) is 19.4. The van der Waals surface area contributed by atoms with Gasteiger partial charge in [0.15, 0.2) is 5.75 Å². The van der Waals surface area contributed by atoms with E-state index in [9.17, 15) is 26.4 Å². The molecule has 0 saturated carbocycles. The first-order chi connectivity index (χ1) is 9.68. The van der Waals surface area contributed by atoms with E-state index in [1.807, 2.05) is 0 Å². The summed E-state index contributed by atoms with van der Waals surface area (Å²) in [4.78, 5) is 12.8. The molecule has 1 aromatic carbocycles. The highest BCUT2D eigenvalue weighted by atomic mass is 32.2. The molecule has 1 unspecified atom stereocenters. The molecule has 1 aromatic rings. The zero-order chi connectivity index (χ0) is 15.8. The summed E-state index contributed by atoms with van der Waals surface area (Å²) in [7, 11) is -3.95. The number of carbonyl (C=O) groups is 1. The molecule has 1 saturated heterocycles. The number of primary sulfonamides is 1. The van der Waals surface area contributed by atoms with Crippen molar-refractivity contribution >= 4 is 21.6 Å². The van der Waals surface area contributed by atoms with Crippen molar-refractivity contribution in [1.29, 1.82) is 0 Å². The molecule has 2 rings (SSSR count). The van der Waals surface area contributed by atoms with Crippen LogP contribution in [0.3, 0.4) is 0 Å². The van der Waals surface area contributed by atoms with Gasteiger partial charge < -0.3 is 9.64 Å². The van der Waals surface area contributed by atoms with Gasteiger partial charge in [0.05, 0.1) is 5.69 Å². The minimum absolute atomic E-state index is 0.132. The topological polar surface area (TPSA) is 89.7 Å². The Labute approximate surface area is 118 Å². The second-order valence-electron chi connectivity index (χ2n) is 4.41. The maximum absolute atomic E-state index is 13.1. The fraction of sp³-hybridized carbons (Fsp3) is 0.364. The molecule has 1 atom stereocenters. The number of anilines is 1. The van der Waals surface area contributed by atoms with E-state index in [1.54, 1.807) is 0 Å². The Morgan fingerprint density at radius 3 is 2.57 bits per heavy atom. The number of benzene rings is 1. The van der Waals surface area contributed by atoms with Gasteiger partial charge in [0.1, 0.15) is 11.1 Å². The van der Waals surface area contributed by atoms with Crippen molar-refractivity contribution in [3.05, 3.63) is 24.0 Å². The maximum atomic E-state index is 13.1. The standard InChI is InChI=1S/C11H11F3N2O4S/c12-6-1-2-8(9(3-6)20-11(13)14)16-5-7(4-10(16)17)21(15,18)19/h1-3,7,11H,4-5H2,(H2,15,18,19). The maximum Gasteiger partial charge on any atom is 0.387 e. The second kappa shape index (κ2) is 5.53. The Kier molecular flexibility index (Phi) is 4.10. The number of hydrogen-bond donors (Lipinski definition) is 1. The van der Waals surface area contributed by atoms with Crippen molar-refractivity contribution in [2.45, 2.75) is 18.3 Å². The number of ether oxygens (including phenoxy) is 1. The SMILES string of the molecule is NS(=O)(=O)C1CC(=O)N(c2ccc(F)cc2OC(F)F)C1. The zero-order valence-electron chi connectivity index (χ0n) is 10.5. The monoisotopic (exact) mass is 324 g/mol. The van der Waals surface area contributed by atoms with Gasteiger partial charge >= 0.3 is 6.61 Å². The molecule has 2 N–H and O–H groups in total. The number of sulfonamides is 1. The molecule has 0 bridgehead atoms. The smallest absolute Gasteiger partial charge is 0.387 e. The quantitative estimate of drug-likeness (QED) is 0.888. The van der Waals surface area contributed by atoms with E-state index in [4.69, 9.17) is 5.14 Å². The van der Waals surface area contributed by atoms with Gasteiger partial charge in [0.25, 0.3) is 0 Å². The Morgan fingerprint density at radius 1 is 1.38 bits per heavy atom. The lowest BCUT2D eigenvalue weighted by Crippen LogP contribution is -2.32. The minimum Gasteiger partial charge on any atom is -0.432 e. The molecule has 21 heavy (non-hydrogen) atoms. The molecule has 116 valence electrons. The number of rotatable bonds is 4. The van der Waals surface area contributed by atoms with Crippen LogP contribution in [0, 0.1) is 5.82 Å². The van der Waals surface area contributed by atoms with E-state index in [1.165, 1.54) is 0 Å². The van der Waals surface area contributed by atoms with E-state index in [0.29, 0.717) is 6.07 Å². The number of nitrogens with zero attached hydrogens (tertiary/aromatic N) is 1. The fourth-order valence-electron chi connectivity index (χ4n) is 2.03. The third-order valence-electron chi connectivity index (χ3n) is 2.98. The third-order valence-corrected chi connectivity index (χ3v) is 4.23. The van der Waals surface area contributed by atoms with Gasteiger partial charge in [-0.05, 0) is 12.1 Å². The summed E-state index contributed by atoms with van der Waals surface area (Å²) in [5.41, 5.74) is -0.132. The van der Waals surface area contributed by atoms with Gasteiger partial charge in [0.2, 0.25) is 15.9 Å². The van der Waals surface area contributed by atoms with E-state index in [0.717, 1.165) is 17.0 Å². The molecule has 1 fully saturated rings. The zero-order valence-corrected chi connectivity index (χ0v) is 11.3. The summed E-state index contributed by atoms with van der Waals surface area (Å²) in [5.74, 6) is -2.00. The highest BCUT2D eigenvalue weighted by Gasteiger charge is 2.38. The van der Waals surface area contributed by atoms with Crippen LogP contribution in [-0.2, 0) is 14.8 Å². The predicted octanol–water partition coefficient (Wildman–Crippen LogP) is 0.821. The average molecular weight is 324 g/mol. The van der Waals surface area contributed by atoms with E-state index in [-0.39, 0.29) is 18.7 Å². The first-order valence-electron chi connectivity index (χ1n) is 5.75. The molecule has 1 aliphatic rings. The van der Waals surface area contributed by atoms with Gasteiger partial charge in [-0.2, -0.15) is 8.78 Å². The molecule has 0 aromatic heterocycles. The number of nitrogens with two attached hydrogens (primary N) is 1.